The number of hydrogen-bond donors (Lipinski definition) is 2. The quantitative estimate of drug-likeness (QED) is 0.829. The second-order valence-corrected chi connectivity index (χ2v) is 7.37. The Balaban J connectivity index is 1.60. The fourth-order valence-electron chi connectivity index (χ4n) is 2.87. The molecule has 1 fully saturated rings. The van der Waals surface area contributed by atoms with Gasteiger partial charge in [-0.25, -0.2) is 0 Å². The number of rotatable bonds is 5. The minimum atomic E-state index is -0.609. The zero-order valence-electron chi connectivity index (χ0n) is 14.8. The van der Waals surface area contributed by atoms with Crippen molar-refractivity contribution in [3.8, 4) is 22.6 Å². The summed E-state index contributed by atoms with van der Waals surface area (Å²) in [5.41, 5.74) is 1.99. The topological polar surface area (TPSA) is 97.9 Å². The minimum Gasteiger partial charge on any atom is -0.367 e. The third-order valence-corrected chi connectivity index (χ3v) is 5.34. The van der Waals surface area contributed by atoms with Gasteiger partial charge in [-0.3, -0.25) is 4.79 Å². The summed E-state index contributed by atoms with van der Waals surface area (Å²) in [7, 11) is 0. The molecule has 0 saturated carbocycles. The lowest BCUT2D eigenvalue weighted by atomic mass is 10.0. The summed E-state index contributed by atoms with van der Waals surface area (Å²) in [4.78, 5) is 14.0. The maximum absolute atomic E-state index is 12.3. The maximum Gasteiger partial charge on any atom is 0.251 e. The highest BCUT2D eigenvalue weighted by Gasteiger charge is 2.23. The van der Waals surface area contributed by atoms with E-state index in [-0.39, 0.29) is 5.91 Å². The maximum atomic E-state index is 12.3. The van der Waals surface area contributed by atoms with Crippen LogP contribution in [0.25, 0.3) is 10.4 Å². The van der Waals surface area contributed by atoms with Crippen molar-refractivity contribution in [2.75, 3.05) is 19.7 Å². The first-order chi connectivity index (χ1) is 13.2. The van der Waals surface area contributed by atoms with Gasteiger partial charge in [-0.2, -0.15) is 10.5 Å². The molecule has 3 rings (SSSR count). The zero-order valence-corrected chi connectivity index (χ0v) is 15.6. The molecule has 1 amide bonds. The van der Waals surface area contributed by atoms with Gasteiger partial charge in [0.2, 0.25) is 0 Å². The Morgan fingerprint density at radius 2 is 2.11 bits per heavy atom. The molecule has 1 saturated heterocycles. The van der Waals surface area contributed by atoms with E-state index < -0.39 is 12.1 Å². The Bertz CT molecular complexity index is 855. The molecule has 0 aliphatic carbocycles. The normalized spacial score (nSPS) is 17.9. The summed E-state index contributed by atoms with van der Waals surface area (Å²) in [6, 6.07) is 15.2. The van der Waals surface area contributed by atoms with E-state index in [9.17, 15) is 10.1 Å². The summed E-state index contributed by atoms with van der Waals surface area (Å²) >= 11 is 1.45. The Hall–Kier alpha value is -2.71. The second-order valence-electron chi connectivity index (χ2n) is 6.28. The number of carbonyl (C=O) groups excluding carboxylic acids is 1. The van der Waals surface area contributed by atoms with E-state index in [0.29, 0.717) is 24.4 Å². The molecule has 0 bridgehead atoms. The molecule has 138 valence electrons. The lowest BCUT2D eigenvalue weighted by Crippen LogP contribution is -2.46. The largest absolute Gasteiger partial charge is 0.367 e. The number of amides is 1. The van der Waals surface area contributed by atoms with Crippen LogP contribution in [0.2, 0.25) is 0 Å². The second kappa shape index (κ2) is 9.29. The van der Waals surface area contributed by atoms with E-state index in [0.717, 1.165) is 29.0 Å². The molecule has 2 heterocycles. The first-order valence-electron chi connectivity index (χ1n) is 8.81. The number of carbonyl (C=O) groups is 1. The van der Waals surface area contributed by atoms with Crippen molar-refractivity contribution in [2.24, 2.45) is 0 Å². The predicted molar refractivity (Wildman–Crippen MR) is 103 cm³/mol. The van der Waals surface area contributed by atoms with Gasteiger partial charge in [-0.15, -0.1) is 11.3 Å². The van der Waals surface area contributed by atoms with Crippen molar-refractivity contribution < 1.29 is 9.53 Å². The van der Waals surface area contributed by atoms with Gasteiger partial charge in [0.05, 0.1) is 6.07 Å². The van der Waals surface area contributed by atoms with Crippen molar-refractivity contribution in [2.45, 2.75) is 25.0 Å². The first kappa shape index (κ1) is 19.1. The van der Waals surface area contributed by atoms with Gasteiger partial charge in [-0.1, -0.05) is 24.3 Å². The summed E-state index contributed by atoms with van der Waals surface area (Å²) < 4.78 is 5.53. The van der Waals surface area contributed by atoms with E-state index in [1.165, 1.54) is 11.3 Å². The summed E-state index contributed by atoms with van der Waals surface area (Å²) in [5, 5.41) is 24.3. The molecule has 2 N–H and O–H groups in total. The van der Waals surface area contributed by atoms with E-state index in [1.54, 1.807) is 6.07 Å². The van der Waals surface area contributed by atoms with Crippen LogP contribution in [0.4, 0.5) is 0 Å². The van der Waals surface area contributed by atoms with Crippen molar-refractivity contribution in [1.82, 2.24) is 10.6 Å². The number of nitriles is 2. The Morgan fingerprint density at radius 3 is 2.81 bits per heavy atom. The highest BCUT2D eigenvalue weighted by molar-refractivity contribution is 7.16. The van der Waals surface area contributed by atoms with Crippen molar-refractivity contribution in [3.05, 3.63) is 46.8 Å². The summed E-state index contributed by atoms with van der Waals surface area (Å²) in [6.07, 6.45) is 0.743. The van der Waals surface area contributed by atoms with Crippen LogP contribution in [0, 0.1) is 22.7 Å². The smallest absolute Gasteiger partial charge is 0.251 e. The van der Waals surface area contributed by atoms with Gasteiger partial charge >= 0.3 is 0 Å². The van der Waals surface area contributed by atoms with Crippen molar-refractivity contribution >= 4 is 17.2 Å². The fourth-order valence-corrected chi connectivity index (χ4v) is 3.68. The third kappa shape index (κ3) is 5.15. The van der Waals surface area contributed by atoms with Crippen LogP contribution < -0.4 is 10.6 Å². The molecule has 1 aromatic carbocycles. The molecule has 0 spiro atoms. The Morgan fingerprint density at radius 1 is 1.30 bits per heavy atom. The van der Waals surface area contributed by atoms with E-state index in [1.807, 2.05) is 30.3 Å². The number of nitrogens with one attached hydrogen (secondary N) is 2. The number of ether oxygens (including phenoxy) is 1. The summed E-state index contributed by atoms with van der Waals surface area (Å²) in [5.74, 6) is -0.254. The number of nitrogens with zero attached hydrogens (tertiary/aromatic N) is 2. The number of benzene rings is 1. The van der Waals surface area contributed by atoms with Gasteiger partial charge in [0, 0.05) is 24.4 Å². The molecule has 0 radical (unpaired) electrons. The van der Waals surface area contributed by atoms with E-state index >= 15 is 0 Å². The van der Waals surface area contributed by atoms with Crippen LogP contribution in [-0.2, 0) is 16.0 Å². The third-order valence-electron chi connectivity index (χ3n) is 4.31. The average Bonchev–Trinajstić information content (AvgIpc) is 3.01. The minimum absolute atomic E-state index is 0.254. The highest BCUT2D eigenvalue weighted by atomic mass is 32.1. The fraction of sp³-hybridized carbons (Fsp3) is 0.350. The molecule has 27 heavy (non-hydrogen) atoms. The van der Waals surface area contributed by atoms with Crippen LogP contribution in [0.5, 0.6) is 0 Å². The highest BCUT2D eigenvalue weighted by Crippen LogP contribution is 2.28. The lowest BCUT2D eigenvalue weighted by molar-refractivity contribution is -0.132. The number of thiophene rings is 1. The predicted octanol–water partition coefficient (Wildman–Crippen LogP) is 2.22. The number of hydrogen-bond acceptors (Lipinski definition) is 6. The molecule has 7 heteroatoms. The molecular weight excluding hydrogens is 360 g/mol. The van der Waals surface area contributed by atoms with Crippen LogP contribution in [0.15, 0.2) is 36.4 Å². The van der Waals surface area contributed by atoms with Crippen LogP contribution in [0.3, 0.4) is 0 Å². The first-order valence-corrected chi connectivity index (χ1v) is 9.63. The molecule has 1 aromatic heterocycles. The molecular formula is C20H20N4O2S. The van der Waals surface area contributed by atoms with Gasteiger partial charge in [-0.05, 0) is 36.2 Å². The molecule has 1 aliphatic heterocycles. The molecule has 2 aromatic rings. The van der Waals surface area contributed by atoms with Crippen LogP contribution in [-0.4, -0.2) is 37.7 Å². The van der Waals surface area contributed by atoms with E-state index in [2.05, 4.69) is 22.8 Å². The van der Waals surface area contributed by atoms with Crippen LogP contribution >= 0.6 is 11.3 Å². The Labute approximate surface area is 162 Å². The van der Waals surface area contributed by atoms with Gasteiger partial charge in [0.15, 0.2) is 0 Å². The monoisotopic (exact) mass is 380 g/mol. The standard InChI is InChI=1S/C20H20N4O2S/c21-11-16(24-20(25)18-13-23-8-1-9-26-18)10-14-2-4-15(5-3-14)19-7-6-17(12-22)27-19/h2-7,16,18,23H,1,8-10,13H2,(H,24,25)/t16-,18?/m0/s1. The van der Waals surface area contributed by atoms with Gasteiger partial charge in [0.1, 0.15) is 23.1 Å². The van der Waals surface area contributed by atoms with Crippen molar-refractivity contribution in [3.63, 3.8) is 0 Å². The molecule has 2 atom stereocenters. The summed E-state index contributed by atoms with van der Waals surface area (Å²) in [6.45, 7) is 1.84. The van der Waals surface area contributed by atoms with Gasteiger partial charge < -0.3 is 15.4 Å². The van der Waals surface area contributed by atoms with Gasteiger partial charge in [0.25, 0.3) is 5.91 Å². The van der Waals surface area contributed by atoms with Crippen LogP contribution in [0.1, 0.15) is 16.9 Å². The molecule has 6 nitrogen and oxygen atoms in total. The molecule has 1 unspecified atom stereocenters. The lowest BCUT2D eigenvalue weighted by Gasteiger charge is -2.18. The average molecular weight is 380 g/mol. The Kier molecular flexibility index (Phi) is 6.56. The molecule has 1 aliphatic rings. The SMILES string of the molecule is N#Cc1ccc(-c2ccc(C[C@@H](C#N)NC(=O)C3CNCCCO3)cc2)s1. The zero-order chi connectivity index (χ0) is 19.1. The van der Waals surface area contributed by atoms with Crippen molar-refractivity contribution in [1.29, 1.82) is 10.5 Å². The van der Waals surface area contributed by atoms with E-state index in [4.69, 9.17) is 10.00 Å².